The molecule has 164 valence electrons. The van der Waals surface area contributed by atoms with Crippen molar-refractivity contribution >= 4 is 17.1 Å². The van der Waals surface area contributed by atoms with Crippen LogP contribution in [0.5, 0.6) is 0 Å². The van der Waals surface area contributed by atoms with Gasteiger partial charge in [-0.3, -0.25) is 4.68 Å². The van der Waals surface area contributed by atoms with Crippen LogP contribution in [0, 0.1) is 19.3 Å². The second kappa shape index (κ2) is 7.51. The van der Waals surface area contributed by atoms with E-state index in [-0.39, 0.29) is 6.10 Å². The van der Waals surface area contributed by atoms with Gasteiger partial charge < -0.3 is 9.64 Å². The van der Waals surface area contributed by atoms with Gasteiger partial charge in [-0.15, -0.1) is 0 Å². The maximum absolute atomic E-state index is 6.03. The average Bonchev–Trinajstić information content (AvgIpc) is 3.33. The van der Waals surface area contributed by atoms with Gasteiger partial charge in [0.05, 0.1) is 36.4 Å². The molecule has 0 unspecified atom stereocenters. The molecule has 3 aromatic rings. The number of fused-ring (bicyclic) bond motifs is 1. The van der Waals surface area contributed by atoms with Crippen LogP contribution in [0.15, 0.2) is 12.4 Å². The summed E-state index contributed by atoms with van der Waals surface area (Å²) in [6, 6.07) is 0. The summed E-state index contributed by atoms with van der Waals surface area (Å²) < 4.78 is 7.84. The first-order chi connectivity index (χ1) is 14.8. The molecule has 8 heteroatoms. The van der Waals surface area contributed by atoms with Crippen molar-refractivity contribution in [3.8, 4) is 0 Å². The topological polar surface area (TPSA) is 81.9 Å². The van der Waals surface area contributed by atoms with Crippen LogP contribution in [0.3, 0.4) is 0 Å². The second-order valence-corrected chi connectivity index (χ2v) is 9.83. The van der Waals surface area contributed by atoms with Crippen LogP contribution in [-0.2, 0) is 11.8 Å². The van der Waals surface area contributed by atoms with E-state index in [1.807, 2.05) is 38.0 Å². The fourth-order valence-electron chi connectivity index (χ4n) is 4.86. The molecule has 1 saturated carbocycles. The van der Waals surface area contributed by atoms with E-state index in [2.05, 4.69) is 23.8 Å². The summed E-state index contributed by atoms with van der Waals surface area (Å²) in [5.41, 5.74) is 5.92. The van der Waals surface area contributed by atoms with Crippen molar-refractivity contribution in [2.24, 2.45) is 12.5 Å². The van der Waals surface area contributed by atoms with Crippen molar-refractivity contribution < 1.29 is 4.74 Å². The lowest BCUT2D eigenvalue weighted by Gasteiger charge is -2.33. The Morgan fingerprint density at radius 1 is 1.10 bits per heavy atom. The Labute approximate surface area is 183 Å². The van der Waals surface area contributed by atoms with Crippen LogP contribution >= 0.6 is 0 Å². The number of hydrogen-bond donors (Lipinski definition) is 0. The number of nitrogens with zero attached hydrogens (tertiary/aromatic N) is 7. The molecule has 0 radical (unpaired) electrons. The molecule has 0 spiro atoms. The van der Waals surface area contributed by atoms with Gasteiger partial charge >= 0.3 is 0 Å². The minimum atomic E-state index is -0.0403. The van der Waals surface area contributed by atoms with Crippen LogP contribution in [0.4, 0.5) is 5.95 Å². The van der Waals surface area contributed by atoms with E-state index in [9.17, 15) is 0 Å². The Hall–Kier alpha value is -2.61. The molecule has 8 nitrogen and oxygen atoms in total. The molecule has 1 aliphatic heterocycles. The van der Waals surface area contributed by atoms with Gasteiger partial charge in [0.2, 0.25) is 5.95 Å². The zero-order valence-corrected chi connectivity index (χ0v) is 19.1. The summed E-state index contributed by atoms with van der Waals surface area (Å²) in [4.78, 5) is 21.9. The van der Waals surface area contributed by atoms with Crippen molar-refractivity contribution in [2.45, 2.75) is 59.0 Å². The lowest BCUT2D eigenvalue weighted by Crippen LogP contribution is -2.39. The highest BCUT2D eigenvalue weighted by molar-refractivity contribution is 5.75. The highest BCUT2D eigenvalue weighted by atomic mass is 16.5. The van der Waals surface area contributed by atoms with E-state index in [0.29, 0.717) is 30.1 Å². The van der Waals surface area contributed by atoms with Gasteiger partial charge in [0.25, 0.3) is 0 Å². The Morgan fingerprint density at radius 3 is 2.61 bits per heavy atom. The first-order valence-electron chi connectivity index (χ1n) is 11.2. The van der Waals surface area contributed by atoms with Crippen molar-refractivity contribution in [3.05, 3.63) is 35.0 Å². The van der Waals surface area contributed by atoms with Crippen LogP contribution in [0.2, 0.25) is 0 Å². The lowest BCUT2D eigenvalue weighted by atomic mass is 9.89. The van der Waals surface area contributed by atoms with Gasteiger partial charge in [-0.25, -0.2) is 15.0 Å². The third-order valence-electron chi connectivity index (χ3n) is 6.76. The summed E-state index contributed by atoms with van der Waals surface area (Å²) in [5, 5.41) is 4.30. The molecule has 0 aromatic carbocycles. The van der Waals surface area contributed by atoms with Crippen LogP contribution in [0.25, 0.3) is 11.2 Å². The maximum atomic E-state index is 6.03. The minimum Gasteiger partial charge on any atom is -0.370 e. The van der Waals surface area contributed by atoms with Gasteiger partial charge in [-0.05, 0) is 38.5 Å². The fourth-order valence-corrected chi connectivity index (χ4v) is 4.86. The zero-order chi connectivity index (χ0) is 21.8. The lowest BCUT2D eigenvalue weighted by molar-refractivity contribution is 0.0392. The van der Waals surface area contributed by atoms with E-state index in [1.165, 1.54) is 6.42 Å². The van der Waals surface area contributed by atoms with Crippen molar-refractivity contribution in [3.63, 3.8) is 0 Å². The number of anilines is 1. The summed E-state index contributed by atoms with van der Waals surface area (Å²) in [5.74, 6) is 1.13. The molecule has 2 aliphatic rings. The Balaban J connectivity index is 1.55. The van der Waals surface area contributed by atoms with E-state index < -0.39 is 0 Å². The first kappa shape index (κ1) is 20.3. The fraction of sp³-hybridized carbons (Fsp3) is 0.609. The monoisotopic (exact) mass is 421 g/mol. The zero-order valence-electron chi connectivity index (χ0n) is 19.1. The first-order valence-corrected chi connectivity index (χ1v) is 11.2. The molecular formula is C23H31N7O. The van der Waals surface area contributed by atoms with Crippen LogP contribution in [0.1, 0.15) is 67.8 Å². The molecule has 0 bridgehead atoms. The summed E-state index contributed by atoms with van der Waals surface area (Å²) in [7, 11) is 1.93. The average molecular weight is 422 g/mol. The third kappa shape index (κ3) is 3.89. The number of hydrogen-bond acceptors (Lipinski definition) is 7. The Morgan fingerprint density at radius 2 is 1.90 bits per heavy atom. The smallest absolute Gasteiger partial charge is 0.227 e. The Kier molecular flexibility index (Phi) is 4.92. The molecule has 1 aliphatic carbocycles. The van der Waals surface area contributed by atoms with Crippen LogP contribution < -0.4 is 4.90 Å². The minimum absolute atomic E-state index is 0.0403. The molecule has 3 aromatic heterocycles. The van der Waals surface area contributed by atoms with E-state index >= 15 is 0 Å². The van der Waals surface area contributed by atoms with Gasteiger partial charge in [0.15, 0.2) is 5.65 Å². The summed E-state index contributed by atoms with van der Waals surface area (Å²) in [6.07, 6.45) is 7.31. The van der Waals surface area contributed by atoms with Crippen molar-refractivity contribution in [2.75, 3.05) is 24.6 Å². The molecule has 0 N–H and O–H groups in total. The molecule has 5 rings (SSSR count). The summed E-state index contributed by atoms with van der Waals surface area (Å²) >= 11 is 0. The Bertz CT molecular complexity index is 1120. The number of aromatic nitrogens is 6. The van der Waals surface area contributed by atoms with Gasteiger partial charge in [-0.2, -0.15) is 10.1 Å². The largest absolute Gasteiger partial charge is 0.370 e. The predicted octanol–water partition coefficient (Wildman–Crippen LogP) is 3.64. The SMILES string of the molecule is Cc1nc2nc(N3CCO[C@H](c4cnn(C)c4)C3)nc([C@@H]3CCC(C)(C)C3)c2nc1C. The van der Waals surface area contributed by atoms with Gasteiger partial charge in [-0.1, -0.05) is 13.8 Å². The van der Waals surface area contributed by atoms with Crippen molar-refractivity contribution in [1.29, 1.82) is 0 Å². The van der Waals surface area contributed by atoms with Gasteiger partial charge in [0, 0.05) is 31.3 Å². The molecule has 31 heavy (non-hydrogen) atoms. The normalized spacial score (nSPS) is 23.6. The van der Waals surface area contributed by atoms with E-state index in [4.69, 9.17) is 24.7 Å². The quantitative estimate of drug-likeness (QED) is 0.638. The number of morpholine rings is 1. The molecular weight excluding hydrogens is 390 g/mol. The van der Waals surface area contributed by atoms with E-state index in [0.717, 1.165) is 53.5 Å². The van der Waals surface area contributed by atoms with E-state index in [1.54, 1.807) is 0 Å². The number of aryl methyl sites for hydroxylation is 3. The maximum Gasteiger partial charge on any atom is 0.227 e. The molecule has 1 saturated heterocycles. The van der Waals surface area contributed by atoms with Gasteiger partial charge in [0.1, 0.15) is 11.6 Å². The number of rotatable bonds is 3. The molecule has 2 fully saturated rings. The molecule has 4 heterocycles. The molecule has 0 amide bonds. The molecule has 2 atom stereocenters. The summed E-state index contributed by atoms with van der Waals surface area (Å²) in [6.45, 7) is 10.8. The number of ether oxygens (including phenoxy) is 1. The van der Waals surface area contributed by atoms with Crippen molar-refractivity contribution in [1.82, 2.24) is 29.7 Å². The second-order valence-electron chi connectivity index (χ2n) is 9.83. The standard InChI is InChI=1S/C23H31N7O/c1-14-15(2)26-21-20(25-14)19(16-6-7-23(3,4)10-16)27-22(28-21)30-8-9-31-18(13-30)17-11-24-29(5)12-17/h11-12,16,18H,6-10,13H2,1-5H3/t16-,18+/m1/s1. The third-order valence-corrected chi connectivity index (χ3v) is 6.76. The highest BCUT2D eigenvalue weighted by Crippen LogP contribution is 2.46. The highest BCUT2D eigenvalue weighted by Gasteiger charge is 2.35. The van der Waals surface area contributed by atoms with Crippen LogP contribution in [-0.4, -0.2) is 49.4 Å². The predicted molar refractivity (Wildman–Crippen MR) is 119 cm³/mol.